The fraction of sp³-hybridized carbons (Fsp3) is 0.472. The van der Waals surface area contributed by atoms with Gasteiger partial charge in [-0.05, 0) is 63.6 Å². The first kappa shape index (κ1) is 36.3. The summed E-state index contributed by atoms with van der Waals surface area (Å²) in [6, 6.07) is 3.13. The number of fused-ring (bicyclic) bond motifs is 3. The summed E-state index contributed by atoms with van der Waals surface area (Å²) in [5, 5.41) is 4.77. The predicted octanol–water partition coefficient (Wildman–Crippen LogP) is 2.76. The number of pyridine rings is 1. The number of aromatic nitrogens is 3. The molecule has 3 aromatic rings. The van der Waals surface area contributed by atoms with Crippen molar-refractivity contribution in [1.29, 1.82) is 0 Å². The van der Waals surface area contributed by atoms with Crippen LogP contribution in [0, 0.1) is 24.5 Å². The molecule has 4 amide bonds. The minimum Gasteiger partial charge on any atom is -0.471 e. The molecule has 2 saturated carbocycles. The van der Waals surface area contributed by atoms with Crippen molar-refractivity contribution in [3.8, 4) is 5.88 Å². The molecule has 2 aliphatic heterocycles. The fourth-order valence-electron chi connectivity index (χ4n) is 7.03. The monoisotopic (exact) mass is 751 g/mol. The van der Waals surface area contributed by atoms with E-state index in [-0.39, 0.29) is 42.8 Å². The summed E-state index contributed by atoms with van der Waals surface area (Å²) in [4.78, 5) is 69.3. The van der Waals surface area contributed by atoms with E-state index < -0.39 is 80.2 Å². The molecule has 17 heteroatoms. The summed E-state index contributed by atoms with van der Waals surface area (Å²) in [5.74, 6) is -5.04. The van der Waals surface area contributed by atoms with E-state index in [2.05, 4.69) is 30.3 Å². The largest absolute Gasteiger partial charge is 0.471 e. The fourth-order valence-corrected chi connectivity index (χ4v) is 8.39. The number of sulfonamides is 1. The minimum absolute atomic E-state index is 0.00487. The molecule has 2 aromatic heterocycles. The number of para-hydroxylation sites is 1. The molecule has 4 heterocycles. The van der Waals surface area contributed by atoms with Gasteiger partial charge in [0.05, 0.1) is 29.1 Å². The number of amides is 4. The molecule has 14 nitrogen and oxygen atoms in total. The second kappa shape index (κ2) is 14.4. The van der Waals surface area contributed by atoms with E-state index in [1.165, 1.54) is 29.3 Å². The highest BCUT2D eigenvalue weighted by Crippen LogP contribution is 2.46. The summed E-state index contributed by atoms with van der Waals surface area (Å²) in [6.07, 6.45) is 8.61. The maximum absolute atomic E-state index is 14.7. The van der Waals surface area contributed by atoms with Gasteiger partial charge in [0.2, 0.25) is 27.7 Å². The Hall–Kier alpha value is -5.06. The Morgan fingerprint density at radius 2 is 1.87 bits per heavy atom. The number of rotatable bonds is 7. The third-order valence-electron chi connectivity index (χ3n) is 10.2. The Kier molecular flexibility index (Phi) is 9.86. The Bertz CT molecular complexity index is 2110. The zero-order chi connectivity index (χ0) is 37.5. The first-order valence-corrected chi connectivity index (χ1v) is 19.3. The minimum atomic E-state index is -3.94. The maximum atomic E-state index is 14.7. The van der Waals surface area contributed by atoms with Gasteiger partial charge in [-0.1, -0.05) is 31.1 Å². The van der Waals surface area contributed by atoms with Crippen LogP contribution >= 0.6 is 0 Å². The van der Waals surface area contributed by atoms with Crippen LogP contribution in [0.5, 0.6) is 5.88 Å². The molecule has 0 radical (unpaired) electrons. The average molecular weight is 752 g/mol. The Morgan fingerprint density at radius 3 is 2.64 bits per heavy atom. The molecule has 0 bridgehead atoms. The third kappa shape index (κ3) is 7.57. The van der Waals surface area contributed by atoms with Crippen LogP contribution in [0.25, 0.3) is 11.0 Å². The molecule has 280 valence electrons. The predicted molar refractivity (Wildman–Crippen MR) is 186 cm³/mol. The van der Waals surface area contributed by atoms with E-state index in [4.69, 9.17) is 4.74 Å². The molecule has 4 aliphatic rings. The summed E-state index contributed by atoms with van der Waals surface area (Å²) < 4.78 is 63.1. The maximum Gasteiger partial charge on any atom is 0.259 e. The third-order valence-corrected chi connectivity index (χ3v) is 12.0. The van der Waals surface area contributed by atoms with Crippen molar-refractivity contribution in [2.24, 2.45) is 5.92 Å². The molecule has 53 heavy (non-hydrogen) atoms. The number of aryl methyl sites for hydroxylation is 1. The van der Waals surface area contributed by atoms with Crippen LogP contribution in [0.3, 0.4) is 0 Å². The number of ether oxygens (including phenoxy) is 1. The van der Waals surface area contributed by atoms with Gasteiger partial charge >= 0.3 is 0 Å². The summed E-state index contributed by atoms with van der Waals surface area (Å²) in [6.45, 7) is 1.46. The van der Waals surface area contributed by atoms with E-state index in [9.17, 15) is 36.4 Å². The van der Waals surface area contributed by atoms with Crippen molar-refractivity contribution in [3.63, 3.8) is 0 Å². The van der Waals surface area contributed by atoms with Gasteiger partial charge in [-0.3, -0.25) is 28.9 Å². The van der Waals surface area contributed by atoms with Crippen molar-refractivity contribution in [1.82, 2.24) is 35.2 Å². The first-order chi connectivity index (χ1) is 25.4. The lowest BCUT2D eigenvalue weighted by molar-refractivity contribution is -0.141. The molecular formula is C36H39F2N7O7S. The van der Waals surface area contributed by atoms with E-state index >= 15 is 0 Å². The molecule has 0 spiro atoms. The van der Waals surface area contributed by atoms with Crippen LogP contribution < -0.4 is 20.1 Å². The SMILES string of the molecule is Cc1nc2cccc(F)c2nc1O[C@@H]1C[C@H]2C(=O)N[C@]3(C(=O)NS(=O)(=O)C4CC4)C[C@H]3C=CCCCCC[C@H](NC(=O)c3ccncc3F)C(=O)N2C1. The van der Waals surface area contributed by atoms with Gasteiger partial charge in [0.1, 0.15) is 34.9 Å². The highest BCUT2D eigenvalue weighted by atomic mass is 32.2. The summed E-state index contributed by atoms with van der Waals surface area (Å²) in [7, 11) is -3.94. The Morgan fingerprint density at radius 1 is 1.06 bits per heavy atom. The van der Waals surface area contributed by atoms with Crippen molar-refractivity contribution in [2.75, 3.05) is 6.54 Å². The molecule has 1 saturated heterocycles. The van der Waals surface area contributed by atoms with Gasteiger partial charge in [0.15, 0.2) is 11.6 Å². The van der Waals surface area contributed by atoms with Gasteiger partial charge < -0.3 is 20.3 Å². The first-order valence-electron chi connectivity index (χ1n) is 17.7. The van der Waals surface area contributed by atoms with Gasteiger partial charge in [-0.2, -0.15) is 0 Å². The topological polar surface area (TPSA) is 190 Å². The van der Waals surface area contributed by atoms with Crippen LogP contribution in [0.1, 0.15) is 73.8 Å². The lowest BCUT2D eigenvalue weighted by Crippen LogP contribution is -2.58. The van der Waals surface area contributed by atoms with Gasteiger partial charge in [0.25, 0.3) is 11.8 Å². The van der Waals surface area contributed by atoms with E-state index in [0.29, 0.717) is 49.7 Å². The lowest BCUT2D eigenvalue weighted by atomic mass is 10.0. The Balaban J connectivity index is 1.20. The number of nitrogens with one attached hydrogen (secondary N) is 3. The molecule has 3 N–H and O–H groups in total. The summed E-state index contributed by atoms with van der Waals surface area (Å²) in [5.41, 5.74) is -1.26. The van der Waals surface area contributed by atoms with Crippen molar-refractivity contribution >= 4 is 44.7 Å². The molecule has 0 unspecified atom stereocenters. The average Bonchev–Trinajstić information content (AvgIpc) is 4.04. The standard InChI is InChI=1S/C36H39F2N7O7S/c1-20-33(42-30-25(37)9-7-11-27(30)40-20)52-22-16-29-32(47)43-36(35(49)44-53(50,51)23-12-13-23)17-21(36)8-5-3-2-4-6-10-28(34(48)45(29)19-22)41-31(46)24-14-15-39-18-26(24)38/h5,7-9,11,14-15,18,21-23,28-29H,2-4,6,10,12-13,16-17,19H2,1H3,(H,41,46)(H,43,47)(H,44,49)/t21-,22-,28+,29+,36-/m1/s1. The van der Waals surface area contributed by atoms with Gasteiger partial charge in [-0.25, -0.2) is 27.2 Å². The van der Waals surface area contributed by atoms with Crippen LogP contribution in [0.15, 0.2) is 48.8 Å². The molecule has 1 aromatic carbocycles. The molecule has 5 atom stereocenters. The van der Waals surface area contributed by atoms with Gasteiger partial charge in [-0.15, -0.1) is 0 Å². The number of nitrogens with zero attached hydrogens (tertiary/aromatic N) is 4. The second-order valence-corrected chi connectivity index (χ2v) is 16.1. The van der Waals surface area contributed by atoms with E-state index in [1.807, 2.05) is 6.08 Å². The molecule has 7 rings (SSSR count). The zero-order valence-electron chi connectivity index (χ0n) is 28.9. The van der Waals surface area contributed by atoms with Crippen LogP contribution in [0.2, 0.25) is 0 Å². The van der Waals surface area contributed by atoms with E-state index in [1.54, 1.807) is 19.1 Å². The second-order valence-electron chi connectivity index (χ2n) is 14.1. The number of hydrogen-bond donors (Lipinski definition) is 3. The number of allylic oxidation sites excluding steroid dienone is 1. The van der Waals surface area contributed by atoms with E-state index in [0.717, 1.165) is 6.20 Å². The molecular weight excluding hydrogens is 713 g/mol. The highest BCUT2D eigenvalue weighted by molar-refractivity contribution is 7.91. The van der Waals surface area contributed by atoms with Crippen LogP contribution in [-0.4, -0.2) is 87.4 Å². The molecule has 2 aliphatic carbocycles. The van der Waals surface area contributed by atoms with Crippen LogP contribution in [-0.2, 0) is 24.4 Å². The quantitative estimate of drug-likeness (QED) is 0.303. The normalized spacial score (nSPS) is 26.4. The van der Waals surface area contributed by atoms with Gasteiger partial charge in [0, 0.05) is 18.5 Å². The Labute approximate surface area is 304 Å². The molecule has 3 fully saturated rings. The van der Waals surface area contributed by atoms with Crippen LogP contribution in [0.4, 0.5) is 8.78 Å². The number of carbonyl (C=O) groups excluding carboxylic acids is 4. The highest BCUT2D eigenvalue weighted by Gasteiger charge is 2.62. The number of benzene rings is 1. The smallest absolute Gasteiger partial charge is 0.259 e. The summed E-state index contributed by atoms with van der Waals surface area (Å²) >= 11 is 0. The lowest BCUT2D eigenvalue weighted by Gasteiger charge is -2.30. The zero-order valence-corrected chi connectivity index (χ0v) is 29.7. The number of halogens is 2. The van der Waals surface area contributed by atoms with Crippen molar-refractivity contribution in [3.05, 3.63) is 71.7 Å². The number of carbonyl (C=O) groups is 4. The van der Waals surface area contributed by atoms with Crippen molar-refractivity contribution in [2.45, 2.75) is 93.7 Å². The van der Waals surface area contributed by atoms with Crippen molar-refractivity contribution < 1.29 is 41.1 Å². The number of hydrogen-bond acceptors (Lipinski definition) is 10.